The second kappa shape index (κ2) is 6.26. The molecular weight excluding hydrogens is 262 g/mol. The molecule has 0 aromatic heterocycles. The number of nitrogens with one attached hydrogen (secondary N) is 1. The van der Waals surface area contributed by atoms with Crippen LogP contribution in [-0.4, -0.2) is 38.0 Å². The lowest BCUT2D eigenvalue weighted by atomic mass is 9.87. The zero-order chi connectivity index (χ0) is 14.7. The van der Waals surface area contributed by atoms with Crippen molar-refractivity contribution >= 4 is 17.1 Å². The molecule has 0 saturated carbocycles. The number of alkyl halides is 2. The quantitative estimate of drug-likeness (QED) is 0.742. The van der Waals surface area contributed by atoms with Gasteiger partial charge < -0.3 is 21.7 Å². The van der Waals surface area contributed by atoms with E-state index >= 15 is 0 Å². The van der Waals surface area contributed by atoms with Gasteiger partial charge in [0.25, 0.3) is 6.43 Å². The Labute approximate surface area is 118 Å². The fraction of sp³-hybridized carbons (Fsp3) is 0.571. The average Bonchev–Trinajstić information content (AvgIpc) is 2.41. The summed E-state index contributed by atoms with van der Waals surface area (Å²) in [6.07, 6.45) is -0.409. The van der Waals surface area contributed by atoms with Crippen LogP contribution in [0.2, 0.25) is 0 Å². The van der Waals surface area contributed by atoms with E-state index in [2.05, 4.69) is 17.3 Å². The van der Waals surface area contributed by atoms with Crippen LogP contribution in [0.4, 0.5) is 25.8 Å². The van der Waals surface area contributed by atoms with Crippen molar-refractivity contribution in [3.63, 3.8) is 0 Å². The van der Waals surface area contributed by atoms with Crippen LogP contribution in [0.25, 0.3) is 0 Å². The van der Waals surface area contributed by atoms with E-state index in [1.165, 1.54) is 0 Å². The van der Waals surface area contributed by atoms with E-state index in [0.717, 1.165) is 31.5 Å². The molecule has 112 valence electrons. The molecule has 0 bridgehead atoms. The first kappa shape index (κ1) is 14.8. The lowest BCUT2D eigenvalue weighted by Crippen LogP contribution is -2.29. The molecule has 0 atom stereocenters. The minimum atomic E-state index is -2.42. The number of piperidine rings is 1. The van der Waals surface area contributed by atoms with E-state index in [0.29, 0.717) is 23.0 Å². The molecule has 20 heavy (non-hydrogen) atoms. The fourth-order valence-electron chi connectivity index (χ4n) is 2.69. The summed E-state index contributed by atoms with van der Waals surface area (Å²) < 4.78 is 24.9. The standard InChI is InChI=1S/C14H22F2N4/c1-20-6-4-9(5-7-20)10-2-3-11(17)13(18)14(10)19-8-12(15)16/h2-3,9,12,19H,4-8,17-18H2,1H3. The van der Waals surface area contributed by atoms with Gasteiger partial charge in [-0.2, -0.15) is 0 Å². The second-order valence-corrected chi connectivity index (χ2v) is 5.38. The van der Waals surface area contributed by atoms with Crippen LogP contribution in [0.5, 0.6) is 0 Å². The summed E-state index contributed by atoms with van der Waals surface area (Å²) in [6, 6.07) is 3.67. The van der Waals surface area contributed by atoms with Gasteiger partial charge in [0.1, 0.15) is 0 Å². The van der Waals surface area contributed by atoms with Gasteiger partial charge in [0.2, 0.25) is 0 Å². The number of halogens is 2. The van der Waals surface area contributed by atoms with Crippen molar-refractivity contribution < 1.29 is 8.78 Å². The predicted molar refractivity (Wildman–Crippen MR) is 79.2 cm³/mol. The molecule has 0 unspecified atom stereocenters. The molecule has 1 aromatic rings. The molecule has 1 aliphatic heterocycles. The van der Waals surface area contributed by atoms with Gasteiger partial charge in [-0.25, -0.2) is 8.78 Å². The number of nitrogen functional groups attached to an aromatic ring is 2. The van der Waals surface area contributed by atoms with Crippen molar-refractivity contribution in [2.45, 2.75) is 25.2 Å². The minimum Gasteiger partial charge on any atom is -0.397 e. The topological polar surface area (TPSA) is 67.3 Å². The Kier molecular flexibility index (Phi) is 4.65. The Morgan fingerprint density at radius 3 is 2.55 bits per heavy atom. The Morgan fingerprint density at radius 2 is 1.95 bits per heavy atom. The third kappa shape index (κ3) is 3.30. The Morgan fingerprint density at radius 1 is 1.30 bits per heavy atom. The zero-order valence-corrected chi connectivity index (χ0v) is 11.7. The molecule has 4 nitrogen and oxygen atoms in total. The highest BCUT2D eigenvalue weighted by Gasteiger charge is 2.22. The fourth-order valence-corrected chi connectivity index (χ4v) is 2.69. The molecule has 5 N–H and O–H groups in total. The summed E-state index contributed by atoms with van der Waals surface area (Å²) >= 11 is 0. The Bertz CT molecular complexity index is 457. The maximum absolute atomic E-state index is 12.4. The average molecular weight is 284 g/mol. The summed E-state index contributed by atoms with van der Waals surface area (Å²) in [7, 11) is 2.09. The molecule has 0 spiro atoms. The van der Waals surface area contributed by atoms with Crippen molar-refractivity contribution in [1.29, 1.82) is 0 Å². The molecule has 1 aromatic carbocycles. The van der Waals surface area contributed by atoms with E-state index < -0.39 is 13.0 Å². The summed E-state index contributed by atoms with van der Waals surface area (Å²) in [5.74, 6) is 0.342. The lowest BCUT2D eigenvalue weighted by molar-refractivity contribution is 0.163. The number of nitrogens with two attached hydrogens (primary N) is 2. The summed E-state index contributed by atoms with van der Waals surface area (Å²) in [4.78, 5) is 2.27. The van der Waals surface area contributed by atoms with Crippen molar-refractivity contribution in [3.8, 4) is 0 Å². The van der Waals surface area contributed by atoms with Crippen LogP contribution in [-0.2, 0) is 0 Å². The van der Waals surface area contributed by atoms with Crippen LogP contribution >= 0.6 is 0 Å². The number of hydrogen-bond donors (Lipinski definition) is 3. The third-order valence-corrected chi connectivity index (χ3v) is 3.90. The van der Waals surface area contributed by atoms with E-state index in [9.17, 15) is 8.78 Å². The lowest BCUT2D eigenvalue weighted by Gasteiger charge is -2.31. The first-order valence-corrected chi connectivity index (χ1v) is 6.87. The third-order valence-electron chi connectivity index (χ3n) is 3.90. The monoisotopic (exact) mass is 284 g/mol. The number of benzene rings is 1. The molecule has 1 heterocycles. The van der Waals surface area contributed by atoms with Gasteiger partial charge in [-0.15, -0.1) is 0 Å². The molecule has 0 amide bonds. The van der Waals surface area contributed by atoms with Crippen molar-refractivity contribution in [2.24, 2.45) is 0 Å². The van der Waals surface area contributed by atoms with E-state index in [-0.39, 0.29) is 0 Å². The van der Waals surface area contributed by atoms with Gasteiger partial charge >= 0.3 is 0 Å². The smallest absolute Gasteiger partial charge is 0.255 e. The maximum atomic E-state index is 12.4. The van der Waals surface area contributed by atoms with Crippen LogP contribution < -0.4 is 16.8 Å². The normalized spacial score (nSPS) is 17.6. The molecule has 6 heteroatoms. The maximum Gasteiger partial charge on any atom is 0.255 e. The molecular formula is C14H22F2N4. The minimum absolute atomic E-state index is 0.342. The number of rotatable bonds is 4. The van der Waals surface area contributed by atoms with E-state index in [1.807, 2.05) is 6.07 Å². The van der Waals surface area contributed by atoms with Gasteiger partial charge in [-0.1, -0.05) is 6.07 Å². The first-order valence-electron chi connectivity index (χ1n) is 6.87. The van der Waals surface area contributed by atoms with Crippen molar-refractivity contribution in [3.05, 3.63) is 17.7 Å². The van der Waals surface area contributed by atoms with Gasteiger partial charge in [-0.3, -0.25) is 0 Å². The molecule has 1 saturated heterocycles. The first-order chi connectivity index (χ1) is 9.49. The predicted octanol–water partition coefficient (Wildman–Crippen LogP) is 2.34. The van der Waals surface area contributed by atoms with Crippen molar-refractivity contribution in [2.75, 3.05) is 43.5 Å². The van der Waals surface area contributed by atoms with Crippen LogP contribution in [0, 0.1) is 0 Å². The number of anilines is 3. The highest BCUT2D eigenvalue weighted by atomic mass is 19.3. The summed E-state index contributed by atoms with van der Waals surface area (Å²) in [5.41, 5.74) is 14.1. The number of likely N-dealkylation sites (tertiary alicyclic amines) is 1. The summed E-state index contributed by atoms with van der Waals surface area (Å²) in [5, 5.41) is 2.76. The molecule has 1 aliphatic rings. The van der Waals surface area contributed by atoms with Crippen LogP contribution in [0.3, 0.4) is 0 Å². The Hall–Kier alpha value is -1.56. The summed E-state index contributed by atoms with van der Waals surface area (Å²) in [6.45, 7) is 1.60. The van der Waals surface area contributed by atoms with Gasteiger partial charge in [0.15, 0.2) is 0 Å². The second-order valence-electron chi connectivity index (χ2n) is 5.38. The van der Waals surface area contributed by atoms with Crippen molar-refractivity contribution in [1.82, 2.24) is 4.90 Å². The van der Waals surface area contributed by atoms with Gasteiger partial charge in [0, 0.05) is 0 Å². The van der Waals surface area contributed by atoms with Crippen LogP contribution in [0.15, 0.2) is 12.1 Å². The molecule has 0 radical (unpaired) electrons. The SMILES string of the molecule is CN1CCC(c2ccc(N)c(N)c2NCC(F)F)CC1. The highest BCUT2D eigenvalue weighted by molar-refractivity contribution is 5.82. The number of hydrogen-bond acceptors (Lipinski definition) is 4. The zero-order valence-electron chi connectivity index (χ0n) is 11.7. The van der Waals surface area contributed by atoms with Crippen LogP contribution in [0.1, 0.15) is 24.3 Å². The molecule has 0 aliphatic carbocycles. The van der Waals surface area contributed by atoms with Gasteiger partial charge in [0.05, 0.1) is 23.6 Å². The van der Waals surface area contributed by atoms with E-state index in [1.54, 1.807) is 6.07 Å². The largest absolute Gasteiger partial charge is 0.397 e. The Balaban J connectivity index is 2.24. The van der Waals surface area contributed by atoms with E-state index in [4.69, 9.17) is 11.5 Å². The number of nitrogens with zero attached hydrogens (tertiary/aromatic N) is 1. The molecule has 2 rings (SSSR count). The van der Waals surface area contributed by atoms with Gasteiger partial charge in [-0.05, 0) is 50.5 Å². The molecule has 1 fully saturated rings. The highest BCUT2D eigenvalue weighted by Crippen LogP contribution is 2.38.